The molecule has 116 valence electrons. The number of hydrogen-bond donors (Lipinski definition) is 0. The summed E-state index contributed by atoms with van der Waals surface area (Å²) in [6, 6.07) is 8.29. The molecule has 2 heterocycles. The lowest BCUT2D eigenvalue weighted by Crippen LogP contribution is -2.41. The molecule has 1 fully saturated rings. The van der Waals surface area contributed by atoms with Gasteiger partial charge in [-0.2, -0.15) is 0 Å². The molecule has 0 bridgehead atoms. The van der Waals surface area contributed by atoms with E-state index in [1.54, 1.807) is 0 Å². The summed E-state index contributed by atoms with van der Waals surface area (Å²) in [5.41, 5.74) is 2.32. The van der Waals surface area contributed by atoms with E-state index in [0.717, 1.165) is 16.0 Å². The van der Waals surface area contributed by atoms with Crippen molar-refractivity contribution >= 4 is 28.6 Å². The standard InChI is InChI=1S/C16H20BBrN2O2/c1-11-6-8-12(9-7-11)20-10-13(19-14(20)18)17-21-15(2,3)16(4,5)22-17/h6-10H,1-5H3. The van der Waals surface area contributed by atoms with Crippen LogP contribution in [0.5, 0.6) is 0 Å². The minimum atomic E-state index is -0.451. The summed E-state index contributed by atoms with van der Waals surface area (Å²) in [7, 11) is -0.451. The fourth-order valence-corrected chi connectivity index (χ4v) is 2.85. The lowest BCUT2D eigenvalue weighted by Gasteiger charge is -2.32. The average Bonchev–Trinajstić information content (AvgIpc) is 2.89. The van der Waals surface area contributed by atoms with Crippen molar-refractivity contribution < 1.29 is 9.31 Å². The number of aromatic nitrogens is 2. The molecule has 4 nitrogen and oxygen atoms in total. The highest BCUT2D eigenvalue weighted by molar-refractivity contribution is 9.10. The van der Waals surface area contributed by atoms with Gasteiger partial charge in [0.25, 0.3) is 0 Å². The van der Waals surface area contributed by atoms with E-state index in [-0.39, 0.29) is 11.2 Å². The molecule has 0 saturated carbocycles. The van der Waals surface area contributed by atoms with Crippen molar-refractivity contribution in [3.8, 4) is 5.69 Å². The normalized spacial score (nSPS) is 19.6. The van der Waals surface area contributed by atoms with E-state index in [4.69, 9.17) is 9.31 Å². The fraction of sp³-hybridized carbons (Fsp3) is 0.438. The van der Waals surface area contributed by atoms with Gasteiger partial charge in [0.2, 0.25) is 0 Å². The quantitative estimate of drug-likeness (QED) is 0.769. The van der Waals surface area contributed by atoms with E-state index in [2.05, 4.69) is 52.1 Å². The summed E-state index contributed by atoms with van der Waals surface area (Å²) < 4.78 is 14.8. The molecule has 1 aliphatic rings. The van der Waals surface area contributed by atoms with Crippen LogP contribution in [-0.4, -0.2) is 27.9 Å². The number of nitrogens with zero attached hydrogens (tertiary/aromatic N) is 2. The topological polar surface area (TPSA) is 36.3 Å². The zero-order valence-electron chi connectivity index (χ0n) is 13.6. The minimum absolute atomic E-state index is 0.363. The van der Waals surface area contributed by atoms with Crippen molar-refractivity contribution in [3.05, 3.63) is 40.8 Å². The van der Waals surface area contributed by atoms with E-state index in [1.807, 2.05) is 38.5 Å². The van der Waals surface area contributed by atoms with Gasteiger partial charge in [-0.3, -0.25) is 4.57 Å². The van der Waals surface area contributed by atoms with Gasteiger partial charge in [-0.05, 0) is 62.7 Å². The highest BCUT2D eigenvalue weighted by atomic mass is 79.9. The molecule has 0 N–H and O–H groups in total. The first-order valence-electron chi connectivity index (χ1n) is 7.37. The van der Waals surface area contributed by atoms with E-state index >= 15 is 0 Å². The first-order chi connectivity index (χ1) is 10.2. The van der Waals surface area contributed by atoms with Gasteiger partial charge < -0.3 is 9.31 Å². The summed E-state index contributed by atoms with van der Waals surface area (Å²) in [5, 5.41) is 0. The Balaban J connectivity index is 1.92. The molecule has 0 spiro atoms. The maximum absolute atomic E-state index is 6.05. The van der Waals surface area contributed by atoms with Crippen molar-refractivity contribution in [3.63, 3.8) is 0 Å². The number of hydrogen-bond acceptors (Lipinski definition) is 3. The summed E-state index contributed by atoms with van der Waals surface area (Å²) in [5.74, 6) is 0. The Morgan fingerprint density at radius 3 is 2.14 bits per heavy atom. The second-order valence-electron chi connectivity index (χ2n) is 6.73. The monoisotopic (exact) mass is 362 g/mol. The number of benzene rings is 1. The summed E-state index contributed by atoms with van der Waals surface area (Å²) in [6.07, 6.45) is 1.96. The van der Waals surface area contributed by atoms with Crippen LogP contribution in [0.1, 0.15) is 33.3 Å². The van der Waals surface area contributed by atoms with Crippen molar-refractivity contribution in [1.29, 1.82) is 0 Å². The van der Waals surface area contributed by atoms with Gasteiger partial charge >= 0.3 is 7.12 Å². The molecular weight excluding hydrogens is 343 g/mol. The van der Waals surface area contributed by atoms with Crippen LogP contribution in [-0.2, 0) is 9.31 Å². The predicted octanol–water partition coefficient (Wildman–Crippen LogP) is 3.24. The first kappa shape index (κ1) is 15.8. The highest BCUT2D eigenvalue weighted by Crippen LogP contribution is 2.36. The SMILES string of the molecule is Cc1ccc(-n2cc(B3OC(C)(C)C(C)(C)O3)nc2Br)cc1. The second-order valence-corrected chi connectivity index (χ2v) is 7.44. The van der Waals surface area contributed by atoms with Crippen LogP contribution in [0.15, 0.2) is 35.2 Å². The van der Waals surface area contributed by atoms with Crippen molar-refractivity contribution in [2.24, 2.45) is 0 Å². The molecule has 1 aromatic heterocycles. The third kappa shape index (κ3) is 2.64. The second kappa shape index (κ2) is 5.22. The summed E-state index contributed by atoms with van der Waals surface area (Å²) in [4.78, 5) is 4.55. The maximum atomic E-state index is 6.05. The number of halogens is 1. The smallest absolute Gasteiger partial charge is 0.398 e. The summed E-state index contributed by atoms with van der Waals surface area (Å²) in [6.45, 7) is 10.2. The van der Waals surface area contributed by atoms with Crippen LogP contribution in [0.4, 0.5) is 0 Å². The Labute approximate surface area is 140 Å². The van der Waals surface area contributed by atoms with E-state index in [1.165, 1.54) is 5.56 Å². The zero-order valence-corrected chi connectivity index (χ0v) is 15.1. The fourth-order valence-electron chi connectivity index (χ4n) is 2.34. The van der Waals surface area contributed by atoms with Crippen molar-refractivity contribution in [2.45, 2.75) is 45.8 Å². The largest absolute Gasteiger partial charge is 0.516 e. The van der Waals surface area contributed by atoms with Crippen LogP contribution >= 0.6 is 15.9 Å². The van der Waals surface area contributed by atoms with Gasteiger partial charge in [-0.25, -0.2) is 4.98 Å². The van der Waals surface area contributed by atoms with E-state index < -0.39 is 7.12 Å². The zero-order chi connectivity index (χ0) is 16.1. The van der Waals surface area contributed by atoms with Crippen LogP contribution in [0.3, 0.4) is 0 Å². The predicted molar refractivity (Wildman–Crippen MR) is 91.7 cm³/mol. The van der Waals surface area contributed by atoms with Crippen LogP contribution in [0, 0.1) is 6.92 Å². The van der Waals surface area contributed by atoms with Crippen LogP contribution < -0.4 is 5.59 Å². The van der Waals surface area contributed by atoms with Crippen LogP contribution in [0.25, 0.3) is 5.69 Å². The third-order valence-electron chi connectivity index (χ3n) is 4.49. The molecule has 0 radical (unpaired) electrons. The lowest BCUT2D eigenvalue weighted by atomic mass is 9.86. The molecule has 0 unspecified atom stereocenters. The van der Waals surface area contributed by atoms with Gasteiger partial charge in [0.1, 0.15) is 0 Å². The molecule has 6 heteroatoms. The number of imidazole rings is 1. The number of aryl methyl sites for hydroxylation is 1. The minimum Gasteiger partial charge on any atom is -0.398 e. The Kier molecular flexibility index (Phi) is 3.74. The van der Waals surface area contributed by atoms with Gasteiger partial charge in [0, 0.05) is 11.9 Å². The number of rotatable bonds is 2. The van der Waals surface area contributed by atoms with E-state index in [9.17, 15) is 0 Å². The third-order valence-corrected chi connectivity index (χ3v) is 5.05. The molecular formula is C16H20BBrN2O2. The lowest BCUT2D eigenvalue weighted by molar-refractivity contribution is 0.00578. The molecule has 1 aromatic carbocycles. The molecule has 3 rings (SSSR count). The summed E-state index contributed by atoms with van der Waals surface area (Å²) >= 11 is 3.52. The molecule has 22 heavy (non-hydrogen) atoms. The maximum Gasteiger partial charge on any atom is 0.516 e. The molecule has 0 amide bonds. The van der Waals surface area contributed by atoms with Gasteiger partial charge in [0.05, 0.1) is 16.8 Å². The van der Waals surface area contributed by atoms with Crippen molar-refractivity contribution in [1.82, 2.24) is 9.55 Å². The average molecular weight is 363 g/mol. The molecule has 1 saturated heterocycles. The van der Waals surface area contributed by atoms with Crippen LogP contribution in [0.2, 0.25) is 0 Å². The molecule has 2 aromatic rings. The van der Waals surface area contributed by atoms with E-state index in [0.29, 0.717) is 0 Å². The Hall–Kier alpha value is -1.11. The first-order valence-corrected chi connectivity index (χ1v) is 8.16. The molecule has 1 aliphatic heterocycles. The van der Waals surface area contributed by atoms with Gasteiger partial charge in [-0.15, -0.1) is 0 Å². The molecule has 0 atom stereocenters. The Bertz CT molecular complexity index is 679. The van der Waals surface area contributed by atoms with Gasteiger partial charge in [-0.1, -0.05) is 17.7 Å². The van der Waals surface area contributed by atoms with Gasteiger partial charge in [0.15, 0.2) is 4.73 Å². The molecule has 0 aliphatic carbocycles. The van der Waals surface area contributed by atoms with Crippen molar-refractivity contribution in [2.75, 3.05) is 0 Å². The Morgan fingerprint density at radius 2 is 1.59 bits per heavy atom. The highest BCUT2D eigenvalue weighted by Gasteiger charge is 2.52. The Morgan fingerprint density at radius 1 is 1.05 bits per heavy atom.